The summed E-state index contributed by atoms with van der Waals surface area (Å²) in [6, 6.07) is 7.71. The average Bonchev–Trinajstić information content (AvgIpc) is 2.96. The van der Waals surface area contributed by atoms with Crippen LogP contribution in [0.4, 0.5) is 0 Å². The molecule has 3 rings (SSSR count). The van der Waals surface area contributed by atoms with Crippen LogP contribution in [0.1, 0.15) is 49.6 Å². The van der Waals surface area contributed by atoms with E-state index < -0.39 is 21.5 Å². The first-order chi connectivity index (χ1) is 13.2. The van der Waals surface area contributed by atoms with Gasteiger partial charge >= 0.3 is 0 Å². The molecule has 0 aliphatic heterocycles. The summed E-state index contributed by atoms with van der Waals surface area (Å²) in [5.41, 5.74) is 2.19. The molecule has 152 valence electrons. The smallest absolute Gasteiger partial charge is 0.235 e. The molecule has 1 aromatic carbocycles. The lowest BCUT2D eigenvalue weighted by Gasteiger charge is -2.29. The van der Waals surface area contributed by atoms with Crippen molar-refractivity contribution in [2.24, 2.45) is 5.92 Å². The molecule has 1 heterocycles. The van der Waals surface area contributed by atoms with E-state index in [0.717, 1.165) is 30.4 Å². The number of amides is 1. The van der Waals surface area contributed by atoms with Crippen LogP contribution in [-0.2, 0) is 20.4 Å². The molecule has 0 saturated heterocycles. The quantitative estimate of drug-likeness (QED) is 0.795. The number of oxazole rings is 1. The second-order valence-corrected chi connectivity index (χ2v) is 9.87. The van der Waals surface area contributed by atoms with Gasteiger partial charge in [0.15, 0.2) is 9.84 Å². The predicted octanol–water partition coefficient (Wildman–Crippen LogP) is 3.57. The van der Waals surface area contributed by atoms with E-state index in [-0.39, 0.29) is 11.8 Å². The largest absolute Gasteiger partial charge is 0.441 e. The topological polar surface area (TPSA) is 89.3 Å². The molecular formula is C21H28N2O4S. The number of hydrogen-bond donors (Lipinski definition) is 1. The number of hydrogen-bond acceptors (Lipinski definition) is 5. The number of carbonyl (C=O) groups is 1. The van der Waals surface area contributed by atoms with E-state index in [9.17, 15) is 13.2 Å². The summed E-state index contributed by atoms with van der Waals surface area (Å²) < 4.78 is 30.8. The molecule has 0 bridgehead atoms. The minimum absolute atomic E-state index is 0.0675. The van der Waals surface area contributed by atoms with Crippen LogP contribution in [0.15, 0.2) is 28.7 Å². The second kappa shape index (κ2) is 8.47. The van der Waals surface area contributed by atoms with Crippen LogP contribution in [0, 0.1) is 19.8 Å². The number of aryl methyl sites for hydroxylation is 2. The fourth-order valence-electron chi connectivity index (χ4n) is 3.73. The summed E-state index contributed by atoms with van der Waals surface area (Å²) >= 11 is 0. The Kier molecular flexibility index (Phi) is 6.23. The van der Waals surface area contributed by atoms with E-state index in [1.54, 1.807) is 6.92 Å². The lowest BCUT2D eigenvalue weighted by atomic mass is 9.86. The van der Waals surface area contributed by atoms with Crippen molar-refractivity contribution in [2.75, 3.05) is 5.75 Å². The van der Waals surface area contributed by atoms with Crippen molar-refractivity contribution in [3.63, 3.8) is 0 Å². The first-order valence-electron chi connectivity index (χ1n) is 9.77. The SMILES string of the molecule is Cc1ccccc1-c1nc(CS(=O)(=O)CC(=O)N[C@H]2CCCC[C@@H]2C)c(C)o1. The Morgan fingerprint density at radius 3 is 2.64 bits per heavy atom. The highest BCUT2D eigenvalue weighted by Gasteiger charge is 2.26. The van der Waals surface area contributed by atoms with Gasteiger partial charge < -0.3 is 9.73 Å². The van der Waals surface area contributed by atoms with Gasteiger partial charge in [-0.25, -0.2) is 13.4 Å². The predicted molar refractivity (Wildman–Crippen MR) is 108 cm³/mol. The highest BCUT2D eigenvalue weighted by Crippen LogP contribution is 2.26. The molecule has 0 spiro atoms. The summed E-state index contributed by atoms with van der Waals surface area (Å²) in [7, 11) is -3.64. The first kappa shape index (κ1) is 20.6. The van der Waals surface area contributed by atoms with E-state index >= 15 is 0 Å². The Labute approximate surface area is 166 Å². The molecule has 2 atom stereocenters. The van der Waals surface area contributed by atoms with E-state index in [1.165, 1.54) is 6.42 Å². The molecule has 1 aliphatic carbocycles. The Bertz CT molecular complexity index is 949. The molecule has 0 radical (unpaired) electrons. The number of benzene rings is 1. The molecule has 2 aromatic rings. The molecule has 1 aliphatic rings. The summed E-state index contributed by atoms with van der Waals surface area (Å²) in [4.78, 5) is 16.7. The van der Waals surface area contributed by atoms with E-state index in [4.69, 9.17) is 4.42 Å². The van der Waals surface area contributed by atoms with Crippen LogP contribution >= 0.6 is 0 Å². The van der Waals surface area contributed by atoms with Crippen molar-refractivity contribution in [3.8, 4) is 11.5 Å². The number of sulfone groups is 1. The molecule has 1 aromatic heterocycles. The maximum absolute atomic E-state index is 12.6. The number of nitrogens with one attached hydrogen (secondary N) is 1. The van der Waals surface area contributed by atoms with Crippen molar-refractivity contribution < 1.29 is 17.6 Å². The third-order valence-corrected chi connectivity index (χ3v) is 6.85. The van der Waals surface area contributed by atoms with Crippen molar-refractivity contribution in [1.29, 1.82) is 0 Å². The Morgan fingerprint density at radius 2 is 1.93 bits per heavy atom. The van der Waals surface area contributed by atoms with Gasteiger partial charge in [-0.2, -0.15) is 0 Å². The molecule has 1 amide bonds. The van der Waals surface area contributed by atoms with Crippen molar-refractivity contribution in [1.82, 2.24) is 10.3 Å². The molecule has 1 saturated carbocycles. The third-order valence-electron chi connectivity index (χ3n) is 5.43. The van der Waals surface area contributed by atoms with Crippen LogP contribution in [0.3, 0.4) is 0 Å². The number of nitrogens with zero attached hydrogens (tertiary/aromatic N) is 1. The fraction of sp³-hybridized carbons (Fsp3) is 0.524. The van der Waals surface area contributed by atoms with Gasteiger partial charge in [0.1, 0.15) is 11.5 Å². The van der Waals surface area contributed by atoms with Gasteiger partial charge in [0.25, 0.3) is 0 Å². The van der Waals surface area contributed by atoms with Crippen LogP contribution in [0.25, 0.3) is 11.5 Å². The summed E-state index contributed by atoms with van der Waals surface area (Å²) in [5.74, 6) is -0.0114. The first-order valence-corrected chi connectivity index (χ1v) is 11.6. The minimum Gasteiger partial charge on any atom is -0.441 e. The Balaban J connectivity index is 1.67. The van der Waals surface area contributed by atoms with Crippen molar-refractivity contribution >= 4 is 15.7 Å². The highest BCUT2D eigenvalue weighted by atomic mass is 32.2. The molecule has 6 nitrogen and oxygen atoms in total. The zero-order chi connectivity index (χ0) is 20.3. The van der Waals surface area contributed by atoms with E-state index in [0.29, 0.717) is 23.3 Å². The summed E-state index contributed by atoms with van der Waals surface area (Å²) in [6.07, 6.45) is 4.22. The highest BCUT2D eigenvalue weighted by molar-refractivity contribution is 7.91. The third kappa shape index (κ3) is 5.01. The van der Waals surface area contributed by atoms with Crippen LogP contribution in [0.2, 0.25) is 0 Å². The number of rotatable bonds is 6. The lowest BCUT2D eigenvalue weighted by Crippen LogP contribution is -2.43. The second-order valence-electron chi connectivity index (χ2n) is 7.80. The maximum atomic E-state index is 12.6. The zero-order valence-corrected chi connectivity index (χ0v) is 17.5. The number of carbonyl (C=O) groups excluding carboxylic acids is 1. The molecule has 1 fully saturated rings. The van der Waals surface area contributed by atoms with Gasteiger partial charge in [0.2, 0.25) is 11.8 Å². The van der Waals surface area contributed by atoms with Gasteiger partial charge in [-0.15, -0.1) is 0 Å². The van der Waals surface area contributed by atoms with E-state index in [2.05, 4.69) is 17.2 Å². The standard InChI is InChI=1S/C21H28N2O4S/c1-14-8-4-6-10-17(14)21-23-19(16(3)27-21)12-28(25,26)13-20(24)22-18-11-7-5-9-15(18)2/h4,6,8,10,15,18H,5,7,9,11-13H2,1-3H3,(H,22,24)/t15-,18-/m0/s1. The average molecular weight is 405 g/mol. The molecular weight excluding hydrogens is 376 g/mol. The molecule has 28 heavy (non-hydrogen) atoms. The normalized spacial score (nSPS) is 20.1. The van der Waals surface area contributed by atoms with Crippen LogP contribution in [-0.4, -0.2) is 31.1 Å². The molecule has 7 heteroatoms. The van der Waals surface area contributed by atoms with Gasteiger partial charge in [-0.1, -0.05) is 38.0 Å². The fourth-order valence-corrected chi connectivity index (χ4v) is 5.00. The van der Waals surface area contributed by atoms with Crippen LogP contribution < -0.4 is 5.32 Å². The van der Waals surface area contributed by atoms with E-state index in [1.807, 2.05) is 31.2 Å². The Hall–Kier alpha value is -2.15. The summed E-state index contributed by atoms with van der Waals surface area (Å²) in [5, 5.41) is 2.90. The minimum atomic E-state index is -3.64. The van der Waals surface area contributed by atoms with Crippen LogP contribution in [0.5, 0.6) is 0 Å². The molecule has 0 unspecified atom stereocenters. The van der Waals surface area contributed by atoms with Crippen molar-refractivity contribution in [3.05, 3.63) is 41.3 Å². The lowest BCUT2D eigenvalue weighted by molar-refractivity contribution is -0.119. The van der Waals surface area contributed by atoms with Gasteiger partial charge in [0, 0.05) is 11.6 Å². The summed E-state index contributed by atoms with van der Waals surface area (Å²) in [6.45, 7) is 5.75. The van der Waals surface area contributed by atoms with Gasteiger partial charge in [0.05, 0.1) is 11.4 Å². The Morgan fingerprint density at radius 1 is 1.21 bits per heavy atom. The zero-order valence-electron chi connectivity index (χ0n) is 16.7. The maximum Gasteiger partial charge on any atom is 0.235 e. The molecule has 1 N–H and O–H groups in total. The van der Waals surface area contributed by atoms with Crippen molar-refractivity contribution in [2.45, 2.75) is 58.2 Å². The van der Waals surface area contributed by atoms with Gasteiger partial charge in [-0.05, 0) is 44.2 Å². The monoisotopic (exact) mass is 404 g/mol. The van der Waals surface area contributed by atoms with Gasteiger partial charge in [-0.3, -0.25) is 4.79 Å². The number of aromatic nitrogens is 1.